The van der Waals surface area contributed by atoms with Crippen LogP contribution in [0.3, 0.4) is 0 Å². The van der Waals surface area contributed by atoms with Crippen molar-refractivity contribution in [1.29, 1.82) is 0 Å². The number of hydrogen-bond donors (Lipinski definition) is 1. The van der Waals surface area contributed by atoms with Gasteiger partial charge in [0, 0.05) is 16.0 Å². The van der Waals surface area contributed by atoms with Gasteiger partial charge < -0.3 is 10.3 Å². The molecule has 2 rings (SSSR count). The van der Waals surface area contributed by atoms with Gasteiger partial charge in [0.25, 0.3) is 0 Å². The number of fused-ring (bicyclic) bond motifs is 1. The van der Waals surface area contributed by atoms with E-state index in [1.54, 1.807) is 24.3 Å². The van der Waals surface area contributed by atoms with Crippen LogP contribution in [0.25, 0.3) is 10.8 Å². The van der Waals surface area contributed by atoms with Gasteiger partial charge >= 0.3 is 0 Å². The summed E-state index contributed by atoms with van der Waals surface area (Å²) >= 11 is -2.20. The summed E-state index contributed by atoms with van der Waals surface area (Å²) in [5.74, 6) is 0. The summed E-state index contributed by atoms with van der Waals surface area (Å²) < 4.78 is 21.4. The Morgan fingerprint density at radius 2 is 2.00 bits per heavy atom. The molecule has 0 saturated carbocycles. The minimum Gasteiger partial charge on any atom is -0.768 e. The molecule has 1 unspecified atom stereocenters. The van der Waals surface area contributed by atoms with Crippen molar-refractivity contribution in [3.63, 3.8) is 0 Å². The maximum Gasteiger partial charge on any atom is 0.0394 e. The first-order valence-electron chi connectivity index (χ1n) is 4.06. The minimum atomic E-state index is -2.20. The van der Waals surface area contributed by atoms with E-state index in [4.69, 9.17) is 5.73 Å². The highest BCUT2D eigenvalue weighted by atomic mass is 32.2. The summed E-state index contributed by atoms with van der Waals surface area (Å²) in [6.45, 7) is 0. The van der Waals surface area contributed by atoms with E-state index >= 15 is 0 Å². The third-order valence-corrected chi connectivity index (χ3v) is 2.72. The third kappa shape index (κ3) is 1.49. The summed E-state index contributed by atoms with van der Waals surface area (Å²) in [6, 6.07) is 10.4. The van der Waals surface area contributed by atoms with E-state index in [2.05, 4.69) is 0 Å². The van der Waals surface area contributed by atoms with Crippen LogP contribution in [0.2, 0.25) is 0 Å². The van der Waals surface area contributed by atoms with E-state index in [0.29, 0.717) is 5.69 Å². The number of nitrogens with two attached hydrogens (primary N) is 1. The Bertz CT molecular complexity index is 510. The maximum atomic E-state index is 10.7. The molecule has 2 N–H and O–H groups in total. The Morgan fingerprint density at radius 3 is 2.71 bits per heavy atom. The summed E-state index contributed by atoms with van der Waals surface area (Å²) in [5, 5.41) is 1.72. The second-order valence-electron chi connectivity index (χ2n) is 2.96. The summed E-state index contributed by atoms with van der Waals surface area (Å²) in [7, 11) is 0. The molecule has 14 heavy (non-hydrogen) atoms. The zero-order valence-electron chi connectivity index (χ0n) is 7.27. The standard InChI is InChI=1S/C10H9NO2S/c11-10-3-1-2-7-4-5-8(14(12)13)6-9(7)10/h1-6H,11H2,(H,12,13)/p-1. The molecule has 4 heteroatoms. The fourth-order valence-electron chi connectivity index (χ4n) is 1.38. The zero-order valence-corrected chi connectivity index (χ0v) is 8.08. The molecule has 0 spiro atoms. The predicted octanol–water partition coefficient (Wildman–Crippen LogP) is 1.66. The SMILES string of the molecule is Nc1cccc2ccc(S(=O)[O-])cc12. The Hall–Kier alpha value is -1.39. The molecular formula is C10H8NO2S-. The van der Waals surface area contributed by atoms with Crippen LogP contribution in [0, 0.1) is 0 Å². The smallest absolute Gasteiger partial charge is 0.0394 e. The second-order valence-corrected chi connectivity index (χ2v) is 3.91. The number of benzene rings is 2. The number of anilines is 1. The van der Waals surface area contributed by atoms with Crippen LogP contribution in [0.15, 0.2) is 41.3 Å². The van der Waals surface area contributed by atoms with Gasteiger partial charge in [-0.25, -0.2) is 0 Å². The van der Waals surface area contributed by atoms with E-state index < -0.39 is 11.1 Å². The van der Waals surface area contributed by atoms with Gasteiger partial charge in [0.1, 0.15) is 0 Å². The Kier molecular flexibility index (Phi) is 2.23. The monoisotopic (exact) mass is 206 g/mol. The molecule has 0 amide bonds. The van der Waals surface area contributed by atoms with Crippen molar-refractivity contribution in [2.24, 2.45) is 0 Å². The topological polar surface area (TPSA) is 66.2 Å². The molecule has 0 heterocycles. The summed E-state index contributed by atoms with van der Waals surface area (Å²) in [4.78, 5) is 0.260. The lowest BCUT2D eigenvalue weighted by Gasteiger charge is -2.07. The molecule has 0 radical (unpaired) electrons. The second kappa shape index (κ2) is 3.40. The fourth-order valence-corrected chi connectivity index (χ4v) is 1.77. The first kappa shape index (κ1) is 9.18. The van der Waals surface area contributed by atoms with E-state index in [0.717, 1.165) is 10.8 Å². The fraction of sp³-hybridized carbons (Fsp3) is 0. The molecule has 72 valence electrons. The van der Waals surface area contributed by atoms with Gasteiger partial charge in [-0.15, -0.1) is 0 Å². The Labute approximate surface area is 83.8 Å². The highest BCUT2D eigenvalue weighted by Crippen LogP contribution is 2.22. The molecule has 0 saturated heterocycles. The molecule has 0 fully saturated rings. The van der Waals surface area contributed by atoms with E-state index in [1.165, 1.54) is 0 Å². The van der Waals surface area contributed by atoms with E-state index in [-0.39, 0.29) is 4.90 Å². The largest absolute Gasteiger partial charge is 0.768 e. The lowest BCUT2D eigenvalue weighted by molar-refractivity contribution is 0.537. The normalized spacial score (nSPS) is 12.9. The zero-order chi connectivity index (χ0) is 10.1. The number of nitrogen functional groups attached to an aromatic ring is 1. The van der Waals surface area contributed by atoms with Crippen LogP contribution in [0.4, 0.5) is 5.69 Å². The van der Waals surface area contributed by atoms with Crippen molar-refractivity contribution in [3.8, 4) is 0 Å². The van der Waals surface area contributed by atoms with Crippen molar-refractivity contribution in [2.75, 3.05) is 5.73 Å². The molecule has 0 aliphatic heterocycles. The molecule has 0 aliphatic rings. The quantitative estimate of drug-likeness (QED) is 0.570. The van der Waals surface area contributed by atoms with Gasteiger partial charge in [0.05, 0.1) is 0 Å². The number of hydrogen-bond acceptors (Lipinski definition) is 3. The lowest BCUT2D eigenvalue weighted by atomic mass is 10.1. The van der Waals surface area contributed by atoms with Crippen LogP contribution in [-0.2, 0) is 11.1 Å². The van der Waals surface area contributed by atoms with Crippen molar-refractivity contribution in [2.45, 2.75) is 4.90 Å². The Balaban J connectivity index is 2.76. The van der Waals surface area contributed by atoms with Gasteiger partial charge in [-0.1, -0.05) is 18.2 Å². The van der Waals surface area contributed by atoms with Gasteiger partial charge in [-0.2, -0.15) is 0 Å². The van der Waals surface area contributed by atoms with Gasteiger partial charge in [0.2, 0.25) is 0 Å². The predicted molar refractivity (Wildman–Crippen MR) is 55.5 cm³/mol. The van der Waals surface area contributed by atoms with Crippen molar-refractivity contribution < 1.29 is 8.76 Å². The van der Waals surface area contributed by atoms with Crippen molar-refractivity contribution >= 4 is 27.5 Å². The molecule has 2 aromatic rings. The highest BCUT2D eigenvalue weighted by Gasteiger charge is 1.99. The highest BCUT2D eigenvalue weighted by molar-refractivity contribution is 7.79. The number of rotatable bonds is 1. The van der Waals surface area contributed by atoms with E-state index in [1.807, 2.05) is 12.1 Å². The van der Waals surface area contributed by atoms with Crippen molar-refractivity contribution in [1.82, 2.24) is 0 Å². The third-order valence-electron chi connectivity index (χ3n) is 2.08. The first-order valence-corrected chi connectivity index (χ1v) is 5.13. The van der Waals surface area contributed by atoms with Crippen LogP contribution in [0.1, 0.15) is 0 Å². The summed E-state index contributed by atoms with van der Waals surface area (Å²) in [5.41, 5.74) is 6.32. The Morgan fingerprint density at radius 1 is 1.21 bits per heavy atom. The van der Waals surface area contributed by atoms with Crippen LogP contribution >= 0.6 is 0 Å². The van der Waals surface area contributed by atoms with Crippen molar-refractivity contribution in [3.05, 3.63) is 36.4 Å². The van der Waals surface area contributed by atoms with E-state index in [9.17, 15) is 8.76 Å². The maximum absolute atomic E-state index is 10.7. The molecule has 0 aliphatic carbocycles. The first-order chi connectivity index (χ1) is 6.68. The van der Waals surface area contributed by atoms with Gasteiger partial charge in [0.15, 0.2) is 0 Å². The molecule has 1 atom stereocenters. The van der Waals surface area contributed by atoms with Crippen LogP contribution < -0.4 is 5.73 Å². The molecule has 3 nitrogen and oxygen atoms in total. The van der Waals surface area contributed by atoms with Crippen LogP contribution in [-0.4, -0.2) is 8.76 Å². The summed E-state index contributed by atoms with van der Waals surface area (Å²) in [6.07, 6.45) is 0. The van der Waals surface area contributed by atoms with Gasteiger partial charge in [-0.3, -0.25) is 4.21 Å². The molecule has 0 aromatic heterocycles. The minimum absolute atomic E-state index is 0.260. The van der Waals surface area contributed by atoms with Crippen LogP contribution in [0.5, 0.6) is 0 Å². The lowest BCUT2D eigenvalue weighted by Crippen LogP contribution is -1.91. The molecular weight excluding hydrogens is 198 g/mol. The van der Waals surface area contributed by atoms with Gasteiger partial charge in [-0.05, 0) is 34.7 Å². The molecule has 2 aromatic carbocycles. The average Bonchev–Trinajstić information content (AvgIpc) is 2.18. The average molecular weight is 206 g/mol. The molecule has 0 bridgehead atoms.